The summed E-state index contributed by atoms with van der Waals surface area (Å²) in [6.07, 6.45) is 0.369. The van der Waals surface area contributed by atoms with Crippen molar-refractivity contribution in [3.63, 3.8) is 0 Å². The Bertz CT molecular complexity index is 800. The fourth-order valence-corrected chi connectivity index (χ4v) is 2.67. The van der Waals surface area contributed by atoms with E-state index >= 15 is 0 Å². The molecule has 2 rings (SSSR count). The van der Waals surface area contributed by atoms with Crippen LogP contribution in [0.25, 0.3) is 0 Å². The van der Waals surface area contributed by atoms with Gasteiger partial charge in [-0.15, -0.1) is 24.0 Å². The molecule has 0 bridgehead atoms. The van der Waals surface area contributed by atoms with Crippen LogP contribution in [0.5, 0.6) is 11.5 Å². The van der Waals surface area contributed by atoms with Crippen LogP contribution in [0.1, 0.15) is 24.5 Å². The lowest BCUT2D eigenvalue weighted by atomic mass is 10.2. The Morgan fingerprint density at radius 1 is 0.933 bits per heavy atom. The summed E-state index contributed by atoms with van der Waals surface area (Å²) in [5, 5.41) is 9.30. The van der Waals surface area contributed by atoms with E-state index < -0.39 is 0 Å². The van der Waals surface area contributed by atoms with Gasteiger partial charge < -0.3 is 25.4 Å². The number of carbonyl (C=O) groups is 1. The monoisotopic (exact) mass is 526 g/mol. The summed E-state index contributed by atoms with van der Waals surface area (Å²) in [6.45, 7) is 4.25. The molecule has 8 heteroatoms. The molecule has 0 saturated carbocycles. The fourth-order valence-electron chi connectivity index (χ4n) is 2.67. The number of hydrogen-bond donors (Lipinski definition) is 3. The zero-order chi connectivity index (χ0) is 20.9. The van der Waals surface area contributed by atoms with Crippen molar-refractivity contribution < 1.29 is 14.3 Å². The minimum atomic E-state index is -0.00269. The number of nitrogens with zero attached hydrogens (tertiary/aromatic N) is 1. The highest BCUT2D eigenvalue weighted by Gasteiger charge is 2.06. The minimum absolute atomic E-state index is 0. The fraction of sp³-hybridized carbons (Fsp3) is 0.364. The maximum Gasteiger partial charge on any atom is 0.222 e. The first-order valence-electron chi connectivity index (χ1n) is 9.70. The van der Waals surface area contributed by atoms with E-state index in [2.05, 4.69) is 20.9 Å². The molecule has 0 saturated heterocycles. The summed E-state index contributed by atoms with van der Waals surface area (Å²) >= 11 is 0. The summed E-state index contributed by atoms with van der Waals surface area (Å²) < 4.78 is 10.6. The molecule has 0 aliphatic carbocycles. The molecule has 0 aromatic heterocycles. The van der Waals surface area contributed by atoms with Gasteiger partial charge in [0.2, 0.25) is 5.91 Å². The maximum absolute atomic E-state index is 12.0. The molecule has 0 heterocycles. The lowest BCUT2D eigenvalue weighted by Crippen LogP contribution is -2.39. The zero-order valence-corrected chi connectivity index (χ0v) is 20.1. The number of aliphatic imine (C=N–C) groups is 1. The van der Waals surface area contributed by atoms with Gasteiger partial charge in [-0.05, 0) is 30.2 Å². The van der Waals surface area contributed by atoms with Crippen LogP contribution >= 0.6 is 24.0 Å². The van der Waals surface area contributed by atoms with Crippen molar-refractivity contribution in [1.29, 1.82) is 0 Å². The molecule has 0 aliphatic rings. The van der Waals surface area contributed by atoms with E-state index in [-0.39, 0.29) is 29.9 Å². The molecule has 0 unspecified atom stereocenters. The van der Waals surface area contributed by atoms with Gasteiger partial charge in [0.15, 0.2) is 17.5 Å². The predicted molar refractivity (Wildman–Crippen MR) is 131 cm³/mol. The molecular formula is C22H31IN4O3. The summed E-state index contributed by atoms with van der Waals surface area (Å²) in [5.41, 5.74) is 2.08. The van der Waals surface area contributed by atoms with Crippen LogP contribution < -0.4 is 25.4 Å². The lowest BCUT2D eigenvalue weighted by molar-refractivity contribution is -0.121. The van der Waals surface area contributed by atoms with Crippen LogP contribution in [0.2, 0.25) is 0 Å². The van der Waals surface area contributed by atoms with Crippen LogP contribution in [0.15, 0.2) is 53.5 Å². The van der Waals surface area contributed by atoms with Crippen molar-refractivity contribution in [2.24, 2.45) is 4.99 Å². The van der Waals surface area contributed by atoms with Crippen LogP contribution in [0, 0.1) is 0 Å². The average molecular weight is 526 g/mol. The molecule has 3 N–H and O–H groups in total. The molecule has 2 aromatic rings. The molecule has 0 fully saturated rings. The summed E-state index contributed by atoms with van der Waals surface area (Å²) in [7, 11) is 3.22. The quantitative estimate of drug-likeness (QED) is 0.252. The third-order valence-corrected chi connectivity index (χ3v) is 4.19. The number of methoxy groups -OCH3 is 2. The number of rotatable bonds is 10. The average Bonchev–Trinajstić information content (AvgIpc) is 2.76. The number of carbonyl (C=O) groups excluding carboxylic acids is 1. The number of halogens is 1. The molecule has 7 nitrogen and oxygen atoms in total. The largest absolute Gasteiger partial charge is 0.493 e. The molecule has 1 amide bonds. The Hall–Kier alpha value is -2.49. The Kier molecular flexibility index (Phi) is 12.3. The summed E-state index contributed by atoms with van der Waals surface area (Å²) in [5.74, 6) is 2.02. The van der Waals surface area contributed by atoms with E-state index in [1.807, 2.05) is 55.5 Å². The molecule has 30 heavy (non-hydrogen) atoms. The number of ether oxygens (including phenoxy) is 2. The van der Waals surface area contributed by atoms with Gasteiger partial charge in [0, 0.05) is 26.1 Å². The van der Waals surface area contributed by atoms with Gasteiger partial charge in [-0.2, -0.15) is 0 Å². The highest BCUT2D eigenvalue weighted by atomic mass is 127. The van der Waals surface area contributed by atoms with E-state index in [1.54, 1.807) is 14.2 Å². The number of benzene rings is 2. The Labute approximate surface area is 195 Å². The Balaban J connectivity index is 0.00000450. The van der Waals surface area contributed by atoms with Gasteiger partial charge in [-0.1, -0.05) is 36.4 Å². The molecule has 164 valence electrons. The van der Waals surface area contributed by atoms with Crippen molar-refractivity contribution in [3.8, 4) is 11.5 Å². The molecule has 0 aliphatic heterocycles. The van der Waals surface area contributed by atoms with Crippen molar-refractivity contribution in [1.82, 2.24) is 16.0 Å². The Morgan fingerprint density at radius 2 is 1.67 bits per heavy atom. The van der Waals surface area contributed by atoms with Gasteiger partial charge in [0.25, 0.3) is 0 Å². The van der Waals surface area contributed by atoms with E-state index in [0.717, 1.165) is 17.7 Å². The molecular weight excluding hydrogens is 495 g/mol. The third-order valence-electron chi connectivity index (χ3n) is 4.19. The van der Waals surface area contributed by atoms with E-state index in [1.165, 1.54) is 0 Å². The first-order valence-corrected chi connectivity index (χ1v) is 9.70. The normalized spacial score (nSPS) is 10.6. The highest BCUT2D eigenvalue weighted by Crippen LogP contribution is 2.27. The van der Waals surface area contributed by atoms with Crippen molar-refractivity contribution in [3.05, 3.63) is 59.7 Å². The van der Waals surface area contributed by atoms with Gasteiger partial charge in [0.05, 0.1) is 20.8 Å². The van der Waals surface area contributed by atoms with Crippen LogP contribution in [-0.4, -0.2) is 39.2 Å². The first-order chi connectivity index (χ1) is 14.2. The zero-order valence-electron chi connectivity index (χ0n) is 17.7. The topological polar surface area (TPSA) is 84.0 Å². The number of guanidine groups is 1. The molecule has 0 radical (unpaired) electrons. The van der Waals surface area contributed by atoms with Gasteiger partial charge in [-0.25, -0.2) is 4.99 Å². The van der Waals surface area contributed by atoms with Crippen molar-refractivity contribution >= 4 is 35.8 Å². The van der Waals surface area contributed by atoms with E-state index in [9.17, 15) is 4.79 Å². The molecule has 2 aromatic carbocycles. The van der Waals surface area contributed by atoms with Crippen LogP contribution in [-0.2, 0) is 17.9 Å². The number of hydrogen-bond acceptors (Lipinski definition) is 4. The van der Waals surface area contributed by atoms with Gasteiger partial charge in [-0.3, -0.25) is 4.79 Å². The summed E-state index contributed by atoms with van der Waals surface area (Å²) in [6, 6.07) is 15.6. The van der Waals surface area contributed by atoms with Crippen molar-refractivity contribution in [2.45, 2.75) is 26.4 Å². The van der Waals surface area contributed by atoms with Gasteiger partial charge in [0.1, 0.15) is 0 Å². The first kappa shape index (κ1) is 25.5. The van der Waals surface area contributed by atoms with Crippen LogP contribution in [0.4, 0.5) is 0 Å². The summed E-state index contributed by atoms with van der Waals surface area (Å²) in [4.78, 5) is 16.6. The standard InChI is InChI=1S/C22H30N4O3.HI/c1-4-23-22(26-16-18-10-11-19(28-2)20(14-18)29-3)24-13-12-21(27)25-15-17-8-6-5-7-9-17;/h5-11,14H,4,12-13,15-16H2,1-3H3,(H,25,27)(H2,23,24,26);1H. The highest BCUT2D eigenvalue weighted by molar-refractivity contribution is 14.0. The lowest BCUT2D eigenvalue weighted by Gasteiger charge is -2.12. The predicted octanol–water partition coefficient (Wildman–Crippen LogP) is 3.08. The molecule has 0 spiro atoms. The number of nitrogens with one attached hydrogen (secondary N) is 3. The second kappa shape index (κ2) is 14.5. The van der Waals surface area contributed by atoms with E-state index in [0.29, 0.717) is 43.5 Å². The van der Waals surface area contributed by atoms with Crippen LogP contribution in [0.3, 0.4) is 0 Å². The second-order valence-corrected chi connectivity index (χ2v) is 6.32. The second-order valence-electron chi connectivity index (χ2n) is 6.32. The smallest absolute Gasteiger partial charge is 0.222 e. The third kappa shape index (κ3) is 8.89. The van der Waals surface area contributed by atoms with Gasteiger partial charge >= 0.3 is 0 Å². The van der Waals surface area contributed by atoms with E-state index in [4.69, 9.17) is 9.47 Å². The van der Waals surface area contributed by atoms with Crippen molar-refractivity contribution in [2.75, 3.05) is 27.3 Å². The minimum Gasteiger partial charge on any atom is -0.493 e. The molecule has 0 atom stereocenters. The SMILES string of the molecule is CCNC(=NCc1ccc(OC)c(OC)c1)NCCC(=O)NCc1ccccc1.I. The Morgan fingerprint density at radius 3 is 2.33 bits per heavy atom. The number of amides is 1. The maximum atomic E-state index is 12.0.